The first-order valence-electron chi connectivity index (χ1n) is 11.8. The largest absolute Gasteiger partial charge is 0.493 e. The van der Waals surface area contributed by atoms with Gasteiger partial charge < -0.3 is 14.8 Å². The number of amides is 1. The molecule has 8 heteroatoms. The second-order valence-corrected chi connectivity index (χ2v) is 9.95. The lowest BCUT2D eigenvalue weighted by Crippen LogP contribution is -2.34. The van der Waals surface area contributed by atoms with Crippen LogP contribution in [0, 0.1) is 0 Å². The van der Waals surface area contributed by atoms with Gasteiger partial charge in [-0.05, 0) is 42.0 Å². The molecule has 190 valence electrons. The molecule has 0 fully saturated rings. The van der Waals surface area contributed by atoms with Gasteiger partial charge in [0, 0.05) is 0 Å². The van der Waals surface area contributed by atoms with Gasteiger partial charge in [0.1, 0.15) is 6.61 Å². The summed E-state index contributed by atoms with van der Waals surface area (Å²) in [6, 6.07) is 31.4. The van der Waals surface area contributed by atoms with Crippen LogP contribution in [0.15, 0.2) is 114 Å². The molecule has 4 aromatic carbocycles. The summed E-state index contributed by atoms with van der Waals surface area (Å²) in [5.74, 6) is 0.769. The molecule has 0 bridgehead atoms. The van der Waals surface area contributed by atoms with Crippen LogP contribution >= 0.6 is 0 Å². The number of benzene rings is 4. The molecule has 0 aliphatic rings. The second-order valence-electron chi connectivity index (χ2n) is 8.08. The maximum Gasteiger partial charge on any atom is 0.264 e. The number of sulfonamides is 1. The van der Waals surface area contributed by atoms with Gasteiger partial charge in [-0.3, -0.25) is 9.10 Å². The monoisotopic (exact) mass is 516 g/mol. The summed E-state index contributed by atoms with van der Waals surface area (Å²) in [4.78, 5) is 13.4. The molecule has 0 saturated carbocycles. The Morgan fingerprint density at radius 3 is 2.08 bits per heavy atom. The predicted octanol–water partition coefficient (Wildman–Crippen LogP) is 4.90. The number of anilines is 1. The number of carbonyl (C=O) groups excluding carboxylic acids is 1. The van der Waals surface area contributed by atoms with E-state index in [4.69, 9.17) is 9.47 Å². The molecule has 4 aromatic rings. The predicted molar refractivity (Wildman–Crippen MR) is 144 cm³/mol. The maximum atomic E-state index is 13.8. The highest BCUT2D eigenvalue weighted by molar-refractivity contribution is 7.92. The molecule has 0 aliphatic heterocycles. The molecular formula is C29H28N2O5S. The number of carbonyl (C=O) groups is 1. The number of para-hydroxylation sites is 3. The number of rotatable bonds is 11. The fraction of sp³-hybridized carbons (Fsp3) is 0.138. The quantitative estimate of drug-likeness (QED) is 0.287. The lowest BCUT2D eigenvalue weighted by Gasteiger charge is -2.26. The second kappa shape index (κ2) is 12.1. The summed E-state index contributed by atoms with van der Waals surface area (Å²) in [7, 11) is -2.40. The minimum absolute atomic E-state index is 0.0687. The molecule has 0 radical (unpaired) electrons. The molecule has 0 aliphatic carbocycles. The lowest BCUT2D eigenvalue weighted by molar-refractivity contribution is 0.0947. The van der Waals surface area contributed by atoms with Crippen LogP contribution in [-0.2, 0) is 16.6 Å². The molecule has 4 rings (SSSR count). The van der Waals surface area contributed by atoms with Gasteiger partial charge in [-0.25, -0.2) is 8.42 Å². The van der Waals surface area contributed by atoms with Crippen LogP contribution in [-0.4, -0.2) is 34.6 Å². The summed E-state index contributed by atoms with van der Waals surface area (Å²) in [5.41, 5.74) is 1.33. The average molecular weight is 517 g/mol. The Labute approximate surface area is 217 Å². The van der Waals surface area contributed by atoms with E-state index >= 15 is 0 Å². The van der Waals surface area contributed by atoms with Crippen molar-refractivity contribution in [3.8, 4) is 11.5 Å². The topological polar surface area (TPSA) is 84.9 Å². The third kappa shape index (κ3) is 6.29. The third-order valence-electron chi connectivity index (χ3n) is 5.63. The van der Waals surface area contributed by atoms with Gasteiger partial charge in [0.2, 0.25) is 0 Å². The Morgan fingerprint density at radius 1 is 0.784 bits per heavy atom. The highest BCUT2D eigenvalue weighted by atomic mass is 32.2. The van der Waals surface area contributed by atoms with Crippen LogP contribution in [0.3, 0.4) is 0 Å². The van der Waals surface area contributed by atoms with Crippen LogP contribution in [0.5, 0.6) is 11.5 Å². The number of nitrogens with one attached hydrogen (secondary N) is 1. The van der Waals surface area contributed by atoms with Crippen molar-refractivity contribution in [2.75, 3.05) is 24.6 Å². The van der Waals surface area contributed by atoms with E-state index in [-0.39, 0.29) is 30.2 Å². The molecule has 7 nitrogen and oxygen atoms in total. The normalized spacial score (nSPS) is 10.9. The van der Waals surface area contributed by atoms with E-state index in [9.17, 15) is 13.2 Å². The summed E-state index contributed by atoms with van der Waals surface area (Å²) >= 11 is 0. The van der Waals surface area contributed by atoms with E-state index in [1.165, 1.54) is 4.31 Å². The summed E-state index contributed by atoms with van der Waals surface area (Å²) in [6.07, 6.45) is 0. The van der Waals surface area contributed by atoms with Crippen LogP contribution in [0.1, 0.15) is 15.9 Å². The van der Waals surface area contributed by atoms with Gasteiger partial charge in [-0.15, -0.1) is 0 Å². The minimum atomic E-state index is -3.96. The Bertz CT molecular complexity index is 1430. The van der Waals surface area contributed by atoms with Gasteiger partial charge in [0.15, 0.2) is 11.5 Å². The van der Waals surface area contributed by atoms with Crippen molar-refractivity contribution in [1.82, 2.24) is 5.32 Å². The van der Waals surface area contributed by atoms with Crippen molar-refractivity contribution in [1.29, 1.82) is 0 Å². The standard InChI is InChI=1S/C29H28N2O5S/c1-35-27-18-10-11-19-28(27)36-21-20-30-29(32)25-16-8-9-17-26(25)31(22-23-12-4-2-5-13-23)37(33,34)24-14-6-3-7-15-24/h2-19H,20-22H2,1H3,(H,30,32). The van der Waals surface area contributed by atoms with E-state index in [1.807, 2.05) is 42.5 Å². The first-order valence-corrected chi connectivity index (χ1v) is 13.2. The van der Waals surface area contributed by atoms with Gasteiger partial charge in [-0.1, -0.05) is 72.8 Å². The molecule has 0 unspecified atom stereocenters. The summed E-state index contributed by atoms with van der Waals surface area (Å²) < 4.78 is 39.8. The smallest absolute Gasteiger partial charge is 0.264 e. The zero-order valence-electron chi connectivity index (χ0n) is 20.4. The van der Waals surface area contributed by atoms with Crippen LogP contribution in [0.4, 0.5) is 5.69 Å². The maximum absolute atomic E-state index is 13.8. The molecule has 0 heterocycles. The Morgan fingerprint density at radius 2 is 1.38 bits per heavy atom. The number of nitrogens with zero attached hydrogens (tertiary/aromatic N) is 1. The zero-order chi connectivity index (χ0) is 26.1. The van der Waals surface area contributed by atoms with Crippen molar-refractivity contribution in [2.45, 2.75) is 11.4 Å². The number of hydrogen-bond donors (Lipinski definition) is 1. The van der Waals surface area contributed by atoms with Crippen LogP contribution < -0.4 is 19.1 Å². The fourth-order valence-electron chi connectivity index (χ4n) is 3.81. The van der Waals surface area contributed by atoms with Crippen molar-refractivity contribution in [3.63, 3.8) is 0 Å². The third-order valence-corrected chi connectivity index (χ3v) is 7.41. The minimum Gasteiger partial charge on any atom is -0.493 e. The zero-order valence-corrected chi connectivity index (χ0v) is 21.2. The van der Waals surface area contributed by atoms with Gasteiger partial charge in [-0.2, -0.15) is 0 Å². The summed E-state index contributed by atoms with van der Waals surface area (Å²) in [6.45, 7) is 0.499. The van der Waals surface area contributed by atoms with Crippen molar-refractivity contribution in [2.24, 2.45) is 0 Å². The highest BCUT2D eigenvalue weighted by Crippen LogP contribution is 2.29. The Kier molecular flexibility index (Phi) is 8.43. The summed E-state index contributed by atoms with van der Waals surface area (Å²) in [5, 5.41) is 2.83. The van der Waals surface area contributed by atoms with Crippen molar-refractivity contribution in [3.05, 3.63) is 120 Å². The van der Waals surface area contributed by atoms with Gasteiger partial charge in [0.25, 0.3) is 15.9 Å². The number of hydrogen-bond acceptors (Lipinski definition) is 5. The Hall–Kier alpha value is -4.30. The van der Waals surface area contributed by atoms with Crippen LogP contribution in [0.25, 0.3) is 0 Å². The van der Waals surface area contributed by atoms with E-state index in [0.29, 0.717) is 17.2 Å². The first kappa shape index (κ1) is 25.8. The fourth-order valence-corrected chi connectivity index (χ4v) is 5.30. The number of methoxy groups -OCH3 is 1. The molecule has 0 aromatic heterocycles. The molecule has 0 saturated heterocycles. The molecule has 0 atom stereocenters. The van der Waals surface area contributed by atoms with Crippen molar-refractivity contribution >= 4 is 21.6 Å². The average Bonchev–Trinajstić information content (AvgIpc) is 2.95. The van der Waals surface area contributed by atoms with E-state index in [1.54, 1.807) is 73.8 Å². The molecule has 0 spiro atoms. The van der Waals surface area contributed by atoms with E-state index < -0.39 is 15.9 Å². The molecule has 37 heavy (non-hydrogen) atoms. The lowest BCUT2D eigenvalue weighted by atomic mass is 10.1. The molecule has 1 N–H and O–H groups in total. The molecular weight excluding hydrogens is 488 g/mol. The van der Waals surface area contributed by atoms with E-state index in [2.05, 4.69) is 5.32 Å². The highest BCUT2D eigenvalue weighted by Gasteiger charge is 2.28. The van der Waals surface area contributed by atoms with Gasteiger partial charge in [0.05, 0.1) is 36.3 Å². The SMILES string of the molecule is COc1ccccc1OCCNC(=O)c1ccccc1N(Cc1ccccc1)S(=O)(=O)c1ccccc1. The van der Waals surface area contributed by atoms with Crippen molar-refractivity contribution < 1.29 is 22.7 Å². The molecule has 1 amide bonds. The van der Waals surface area contributed by atoms with E-state index in [0.717, 1.165) is 5.56 Å². The first-order chi connectivity index (χ1) is 18.0. The Balaban J connectivity index is 1.57. The number of ether oxygens (including phenoxy) is 2. The van der Waals surface area contributed by atoms with Gasteiger partial charge >= 0.3 is 0 Å². The van der Waals surface area contributed by atoms with Crippen LogP contribution in [0.2, 0.25) is 0 Å².